The number of hydrogen-bond donors (Lipinski definition) is 0. The molecular formula is C10H9NO3. The maximum atomic E-state index is 11.5. The predicted molar refractivity (Wildman–Crippen MR) is 48.9 cm³/mol. The Balaban J connectivity index is 2.45. The van der Waals surface area contributed by atoms with Gasteiger partial charge in [0, 0.05) is 12.1 Å². The Hall–Kier alpha value is -1.71. The Morgan fingerprint density at radius 1 is 1.43 bits per heavy atom. The second-order valence-corrected chi connectivity index (χ2v) is 3.87. The van der Waals surface area contributed by atoms with Gasteiger partial charge in [0.05, 0.1) is 11.8 Å². The number of aromatic nitrogens is 1. The lowest BCUT2D eigenvalue weighted by Gasteiger charge is -2.19. The third-order valence-corrected chi connectivity index (χ3v) is 2.51. The van der Waals surface area contributed by atoms with E-state index < -0.39 is 5.72 Å². The Morgan fingerprint density at radius 3 is 3.00 bits per heavy atom. The molecule has 3 heterocycles. The average molecular weight is 191 g/mol. The molecule has 4 heteroatoms. The summed E-state index contributed by atoms with van der Waals surface area (Å²) in [5.41, 5.74) is 1.57. The predicted octanol–water partition coefficient (Wildman–Crippen LogP) is 2.10. The highest BCUT2D eigenvalue weighted by Gasteiger charge is 2.39. The van der Waals surface area contributed by atoms with Gasteiger partial charge in [0.2, 0.25) is 0 Å². The van der Waals surface area contributed by atoms with E-state index in [1.54, 1.807) is 12.3 Å². The monoisotopic (exact) mass is 191 g/mol. The molecule has 0 saturated heterocycles. The van der Waals surface area contributed by atoms with Crippen LogP contribution in [0.2, 0.25) is 0 Å². The van der Waals surface area contributed by atoms with Gasteiger partial charge in [-0.15, -0.1) is 0 Å². The summed E-state index contributed by atoms with van der Waals surface area (Å²) in [6.07, 6.45) is 1.61. The first-order valence-corrected chi connectivity index (χ1v) is 4.42. The SMILES string of the molecule is CC1(C)OC(=O)c2cc3occc3n21. The van der Waals surface area contributed by atoms with Crippen LogP contribution in [0, 0.1) is 0 Å². The van der Waals surface area contributed by atoms with Gasteiger partial charge in [-0.2, -0.15) is 0 Å². The van der Waals surface area contributed by atoms with E-state index in [0.29, 0.717) is 5.69 Å². The summed E-state index contributed by atoms with van der Waals surface area (Å²) < 4.78 is 12.3. The smallest absolute Gasteiger partial charge is 0.357 e. The average Bonchev–Trinajstić information content (AvgIpc) is 2.61. The van der Waals surface area contributed by atoms with Crippen LogP contribution in [0.1, 0.15) is 24.3 Å². The van der Waals surface area contributed by atoms with Crippen molar-refractivity contribution in [2.24, 2.45) is 0 Å². The molecule has 2 aromatic rings. The molecule has 0 N–H and O–H groups in total. The topological polar surface area (TPSA) is 44.4 Å². The number of nitrogens with zero attached hydrogens (tertiary/aromatic N) is 1. The summed E-state index contributed by atoms with van der Waals surface area (Å²) in [6.45, 7) is 3.71. The van der Waals surface area contributed by atoms with E-state index in [0.717, 1.165) is 11.1 Å². The van der Waals surface area contributed by atoms with Gasteiger partial charge in [-0.1, -0.05) is 0 Å². The summed E-state index contributed by atoms with van der Waals surface area (Å²) in [7, 11) is 0. The van der Waals surface area contributed by atoms with Gasteiger partial charge in [0.15, 0.2) is 11.3 Å². The fourth-order valence-electron chi connectivity index (χ4n) is 1.98. The van der Waals surface area contributed by atoms with Gasteiger partial charge in [0.1, 0.15) is 5.69 Å². The molecular weight excluding hydrogens is 182 g/mol. The fraction of sp³-hybridized carbons (Fsp3) is 0.300. The van der Waals surface area contributed by atoms with E-state index in [2.05, 4.69) is 0 Å². The van der Waals surface area contributed by atoms with Crippen LogP contribution in [-0.2, 0) is 10.5 Å². The third kappa shape index (κ3) is 0.713. The van der Waals surface area contributed by atoms with E-state index in [1.165, 1.54) is 0 Å². The highest BCUT2D eigenvalue weighted by atomic mass is 16.6. The van der Waals surface area contributed by atoms with Crippen LogP contribution in [0.3, 0.4) is 0 Å². The zero-order chi connectivity index (χ0) is 9.92. The van der Waals surface area contributed by atoms with Crippen LogP contribution in [0.4, 0.5) is 0 Å². The normalized spacial score (nSPS) is 18.6. The minimum Gasteiger partial charge on any atom is -0.463 e. The summed E-state index contributed by atoms with van der Waals surface area (Å²) in [5.74, 6) is -0.290. The molecule has 0 saturated carbocycles. The number of fused-ring (bicyclic) bond motifs is 3. The third-order valence-electron chi connectivity index (χ3n) is 2.51. The van der Waals surface area contributed by atoms with Gasteiger partial charge < -0.3 is 9.15 Å². The van der Waals surface area contributed by atoms with Crippen molar-refractivity contribution in [3.8, 4) is 0 Å². The first kappa shape index (κ1) is 7.67. The zero-order valence-corrected chi connectivity index (χ0v) is 7.90. The second kappa shape index (κ2) is 2.03. The number of carbonyl (C=O) groups excluding carboxylic acids is 1. The van der Waals surface area contributed by atoms with E-state index in [-0.39, 0.29) is 5.97 Å². The van der Waals surface area contributed by atoms with Crippen LogP contribution in [0.25, 0.3) is 11.1 Å². The second-order valence-electron chi connectivity index (χ2n) is 3.87. The number of hydrogen-bond acceptors (Lipinski definition) is 3. The Bertz CT molecular complexity index is 533. The Labute approximate surface area is 80.1 Å². The number of cyclic esters (lactones) is 1. The number of carbonyl (C=O) groups is 1. The zero-order valence-electron chi connectivity index (χ0n) is 7.90. The van der Waals surface area contributed by atoms with Crippen LogP contribution in [0.15, 0.2) is 22.8 Å². The lowest BCUT2D eigenvalue weighted by Crippen LogP contribution is -2.23. The number of esters is 1. The summed E-state index contributed by atoms with van der Waals surface area (Å²) in [4.78, 5) is 11.5. The summed E-state index contributed by atoms with van der Waals surface area (Å²) in [6, 6.07) is 3.55. The number of ether oxygens (including phenoxy) is 1. The number of rotatable bonds is 0. The minimum absolute atomic E-state index is 0.290. The largest absolute Gasteiger partial charge is 0.463 e. The van der Waals surface area contributed by atoms with Gasteiger partial charge in [-0.05, 0) is 13.8 Å². The Kier molecular flexibility index (Phi) is 1.11. The molecule has 4 nitrogen and oxygen atoms in total. The van der Waals surface area contributed by atoms with Crippen molar-refractivity contribution < 1.29 is 13.9 Å². The standard InChI is InChI=1S/C10H9NO3/c1-10(2)11-6-3-4-13-8(6)5-7(11)9(12)14-10/h3-5H,1-2H3. The van der Waals surface area contributed by atoms with Crippen molar-refractivity contribution in [2.45, 2.75) is 19.6 Å². The van der Waals surface area contributed by atoms with Gasteiger partial charge in [-0.3, -0.25) is 4.57 Å². The van der Waals surface area contributed by atoms with E-state index in [4.69, 9.17) is 9.15 Å². The molecule has 0 fully saturated rings. The minimum atomic E-state index is -0.613. The van der Waals surface area contributed by atoms with E-state index in [1.807, 2.05) is 24.5 Å². The lowest BCUT2D eigenvalue weighted by molar-refractivity contribution is -0.0163. The fourth-order valence-corrected chi connectivity index (χ4v) is 1.98. The highest BCUT2D eigenvalue weighted by Crippen LogP contribution is 2.35. The number of furan rings is 1. The highest BCUT2D eigenvalue weighted by molar-refractivity contribution is 5.96. The molecule has 0 amide bonds. The van der Waals surface area contributed by atoms with Crippen molar-refractivity contribution in [3.63, 3.8) is 0 Å². The van der Waals surface area contributed by atoms with Crippen LogP contribution >= 0.6 is 0 Å². The molecule has 2 aromatic heterocycles. The molecule has 0 atom stereocenters. The van der Waals surface area contributed by atoms with Crippen molar-refractivity contribution in [1.82, 2.24) is 4.57 Å². The van der Waals surface area contributed by atoms with Gasteiger partial charge in [-0.25, -0.2) is 4.79 Å². The maximum Gasteiger partial charge on any atom is 0.357 e. The maximum absolute atomic E-state index is 11.5. The molecule has 0 unspecified atom stereocenters. The Morgan fingerprint density at radius 2 is 2.21 bits per heavy atom. The summed E-state index contributed by atoms with van der Waals surface area (Å²) in [5, 5.41) is 0. The van der Waals surface area contributed by atoms with Crippen LogP contribution < -0.4 is 0 Å². The molecule has 14 heavy (non-hydrogen) atoms. The molecule has 0 radical (unpaired) electrons. The molecule has 0 bridgehead atoms. The molecule has 0 aliphatic carbocycles. The first-order chi connectivity index (χ1) is 6.59. The van der Waals surface area contributed by atoms with Crippen molar-refractivity contribution in [2.75, 3.05) is 0 Å². The van der Waals surface area contributed by atoms with E-state index in [9.17, 15) is 4.79 Å². The molecule has 1 aliphatic rings. The van der Waals surface area contributed by atoms with Crippen molar-refractivity contribution in [1.29, 1.82) is 0 Å². The van der Waals surface area contributed by atoms with Crippen molar-refractivity contribution >= 4 is 17.1 Å². The van der Waals surface area contributed by atoms with Gasteiger partial charge >= 0.3 is 5.97 Å². The molecule has 0 aromatic carbocycles. The van der Waals surface area contributed by atoms with E-state index >= 15 is 0 Å². The quantitative estimate of drug-likeness (QED) is 0.599. The van der Waals surface area contributed by atoms with Crippen molar-refractivity contribution in [3.05, 3.63) is 24.1 Å². The lowest BCUT2D eigenvalue weighted by atomic mass is 10.3. The molecule has 1 aliphatic heterocycles. The first-order valence-electron chi connectivity index (χ1n) is 4.42. The molecule has 0 spiro atoms. The van der Waals surface area contributed by atoms with Crippen LogP contribution in [-0.4, -0.2) is 10.5 Å². The van der Waals surface area contributed by atoms with Gasteiger partial charge in [0.25, 0.3) is 0 Å². The molecule has 72 valence electrons. The molecule has 3 rings (SSSR count). The summed E-state index contributed by atoms with van der Waals surface area (Å²) >= 11 is 0. The van der Waals surface area contributed by atoms with Crippen LogP contribution in [0.5, 0.6) is 0 Å².